The quantitative estimate of drug-likeness (QED) is 0.658. The van der Waals surface area contributed by atoms with Gasteiger partial charge in [0.25, 0.3) is 0 Å². The maximum absolute atomic E-state index is 3.68. The van der Waals surface area contributed by atoms with Crippen LogP contribution in [0.3, 0.4) is 0 Å². The van der Waals surface area contributed by atoms with E-state index < -0.39 is 0 Å². The van der Waals surface area contributed by atoms with Crippen LogP contribution in [0.15, 0.2) is 30.3 Å². The maximum Gasteiger partial charge on any atom is 0.0320 e. The molecule has 1 aromatic carbocycles. The first-order chi connectivity index (χ1) is 8.38. The molecule has 2 heteroatoms. The first-order valence-corrected chi connectivity index (χ1v) is 8.05. The molecule has 0 spiro atoms. The van der Waals surface area contributed by atoms with Crippen molar-refractivity contribution in [3.05, 3.63) is 35.9 Å². The topological polar surface area (TPSA) is 12.0 Å². The van der Waals surface area contributed by atoms with Gasteiger partial charge in [-0.1, -0.05) is 56.5 Å². The zero-order valence-corrected chi connectivity index (χ0v) is 11.9. The van der Waals surface area contributed by atoms with E-state index in [1.165, 1.54) is 37.0 Å². The van der Waals surface area contributed by atoms with Crippen LogP contribution < -0.4 is 5.32 Å². The van der Waals surface area contributed by atoms with Gasteiger partial charge in [0.05, 0.1) is 0 Å². The molecule has 1 aromatic rings. The van der Waals surface area contributed by atoms with Crippen molar-refractivity contribution in [3.8, 4) is 0 Å². The molecule has 1 unspecified atom stereocenters. The fourth-order valence-electron chi connectivity index (χ4n) is 2.01. The summed E-state index contributed by atoms with van der Waals surface area (Å²) in [5.74, 6) is 1.19. The Morgan fingerprint density at radius 2 is 1.94 bits per heavy atom. The Labute approximate surface area is 110 Å². The van der Waals surface area contributed by atoms with Gasteiger partial charge in [-0.05, 0) is 18.2 Å². The number of hydrogen-bond donors (Lipinski definition) is 1. The molecule has 96 valence electrons. The van der Waals surface area contributed by atoms with E-state index in [1.54, 1.807) is 0 Å². The minimum Gasteiger partial charge on any atom is -0.309 e. The van der Waals surface area contributed by atoms with E-state index in [0.29, 0.717) is 6.04 Å². The number of unbranched alkanes of at least 4 members (excludes halogenated alkanes) is 2. The molecule has 0 saturated carbocycles. The van der Waals surface area contributed by atoms with Crippen molar-refractivity contribution in [1.29, 1.82) is 0 Å². The van der Waals surface area contributed by atoms with Crippen molar-refractivity contribution in [3.63, 3.8) is 0 Å². The molecule has 0 heterocycles. The molecule has 0 aliphatic carbocycles. The van der Waals surface area contributed by atoms with Crippen LogP contribution in [0.25, 0.3) is 0 Å². The molecule has 0 bridgehead atoms. The van der Waals surface area contributed by atoms with Crippen LogP contribution in [-0.4, -0.2) is 18.6 Å². The van der Waals surface area contributed by atoms with Gasteiger partial charge in [0.1, 0.15) is 0 Å². The van der Waals surface area contributed by atoms with Crippen molar-refractivity contribution in [2.24, 2.45) is 0 Å². The van der Waals surface area contributed by atoms with E-state index in [0.717, 1.165) is 6.54 Å². The van der Waals surface area contributed by atoms with E-state index in [-0.39, 0.29) is 0 Å². The average Bonchev–Trinajstić information content (AvgIpc) is 2.38. The summed E-state index contributed by atoms with van der Waals surface area (Å²) in [6.07, 6.45) is 7.38. The normalized spacial score (nSPS) is 12.6. The third-order valence-corrected chi connectivity index (χ3v) is 3.61. The van der Waals surface area contributed by atoms with Gasteiger partial charge in [-0.3, -0.25) is 0 Å². The lowest BCUT2D eigenvalue weighted by Crippen LogP contribution is -2.23. The van der Waals surface area contributed by atoms with Crippen molar-refractivity contribution in [1.82, 2.24) is 5.32 Å². The summed E-state index contributed by atoms with van der Waals surface area (Å²) in [5.41, 5.74) is 1.43. The lowest BCUT2D eigenvalue weighted by atomic mass is 10.0. The molecule has 0 saturated heterocycles. The maximum atomic E-state index is 3.68. The molecular weight excluding hydrogens is 226 g/mol. The van der Waals surface area contributed by atoms with Crippen molar-refractivity contribution < 1.29 is 0 Å². The lowest BCUT2D eigenvalue weighted by molar-refractivity contribution is 0.488. The highest BCUT2D eigenvalue weighted by Crippen LogP contribution is 2.19. The van der Waals surface area contributed by atoms with Gasteiger partial charge in [0.2, 0.25) is 0 Å². The predicted octanol–water partition coefficient (Wildman–Crippen LogP) is 4.26. The first kappa shape index (κ1) is 14.6. The first-order valence-electron chi connectivity index (χ1n) is 6.65. The molecule has 1 nitrogen and oxygen atoms in total. The average molecular weight is 251 g/mol. The molecule has 17 heavy (non-hydrogen) atoms. The summed E-state index contributed by atoms with van der Waals surface area (Å²) in [5, 5.41) is 3.68. The van der Waals surface area contributed by atoms with Crippen LogP contribution in [-0.2, 0) is 0 Å². The van der Waals surface area contributed by atoms with E-state index in [4.69, 9.17) is 0 Å². The Morgan fingerprint density at radius 3 is 2.59 bits per heavy atom. The summed E-state index contributed by atoms with van der Waals surface area (Å²) >= 11 is 1.90. The standard InChI is InChI=1S/C15H25NS/c1-3-4-6-11-15(16-12-13-17-2)14-9-7-5-8-10-14/h5,7-10,15-16H,3-4,6,11-13H2,1-2H3. The molecule has 0 aromatic heterocycles. The summed E-state index contributed by atoms with van der Waals surface area (Å²) < 4.78 is 0. The summed E-state index contributed by atoms with van der Waals surface area (Å²) in [7, 11) is 0. The summed E-state index contributed by atoms with van der Waals surface area (Å²) in [6, 6.07) is 11.4. The fraction of sp³-hybridized carbons (Fsp3) is 0.600. The molecular formula is C15H25NS. The second-order valence-corrected chi connectivity index (χ2v) is 5.39. The van der Waals surface area contributed by atoms with Gasteiger partial charge in [0, 0.05) is 18.3 Å². The monoisotopic (exact) mass is 251 g/mol. The second-order valence-electron chi connectivity index (χ2n) is 4.41. The van der Waals surface area contributed by atoms with Gasteiger partial charge in [0.15, 0.2) is 0 Å². The molecule has 0 aliphatic rings. The summed E-state index contributed by atoms with van der Waals surface area (Å²) in [4.78, 5) is 0. The SMILES string of the molecule is CCCCCC(NCCSC)c1ccccc1. The Morgan fingerprint density at radius 1 is 1.18 bits per heavy atom. The zero-order chi connectivity index (χ0) is 12.3. The van der Waals surface area contributed by atoms with Gasteiger partial charge < -0.3 is 5.32 Å². The van der Waals surface area contributed by atoms with E-state index in [1.807, 2.05) is 11.8 Å². The number of hydrogen-bond acceptors (Lipinski definition) is 2. The molecule has 0 fully saturated rings. The molecule has 1 N–H and O–H groups in total. The summed E-state index contributed by atoms with van der Waals surface area (Å²) in [6.45, 7) is 3.37. The number of rotatable bonds is 9. The number of thioether (sulfide) groups is 1. The Balaban J connectivity index is 2.46. The zero-order valence-electron chi connectivity index (χ0n) is 11.1. The van der Waals surface area contributed by atoms with E-state index in [2.05, 4.69) is 48.8 Å². The largest absolute Gasteiger partial charge is 0.309 e. The minimum atomic E-state index is 0.537. The third kappa shape index (κ3) is 6.13. The van der Waals surface area contributed by atoms with E-state index >= 15 is 0 Å². The highest BCUT2D eigenvalue weighted by molar-refractivity contribution is 7.98. The Hall–Kier alpha value is -0.470. The fourth-order valence-corrected chi connectivity index (χ4v) is 2.33. The number of benzene rings is 1. The van der Waals surface area contributed by atoms with Gasteiger partial charge >= 0.3 is 0 Å². The number of nitrogens with one attached hydrogen (secondary N) is 1. The third-order valence-electron chi connectivity index (χ3n) is 3.00. The molecule has 0 radical (unpaired) electrons. The smallest absolute Gasteiger partial charge is 0.0320 e. The van der Waals surface area contributed by atoms with Crippen LogP contribution in [0, 0.1) is 0 Å². The highest BCUT2D eigenvalue weighted by Gasteiger charge is 2.09. The van der Waals surface area contributed by atoms with Crippen molar-refractivity contribution in [2.45, 2.75) is 38.6 Å². The lowest BCUT2D eigenvalue weighted by Gasteiger charge is -2.19. The molecule has 1 atom stereocenters. The van der Waals surface area contributed by atoms with Crippen LogP contribution in [0.2, 0.25) is 0 Å². The van der Waals surface area contributed by atoms with Gasteiger partial charge in [-0.25, -0.2) is 0 Å². The van der Waals surface area contributed by atoms with Crippen LogP contribution in [0.5, 0.6) is 0 Å². The van der Waals surface area contributed by atoms with Crippen LogP contribution in [0.4, 0.5) is 0 Å². The predicted molar refractivity (Wildman–Crippen MR) is 79.7 cm³/mol. The van der Waals surface area contributed by atoms with Gasteiger partial charge in [-0.15, -0.1) is 0 Å². The Kier molecular flexibility index (Phi) is 8.20. The Bertz CT molecular complexity index is 264. The van der Waals surface area contributed by atoms with Gasteiger partial charge in [-0.2, -0.15) is 11.8 Å². The van der Waals surface area contributed by atoms with Crippen molar-refractivity contribution in [2.75, 3.05) is 18.6 Å². The molecule has 1 rings (SSSR count). The van der Waals surface area contributed by atoms with Crippen LogP contribution >= 0.6 is 11.8 Å². The molecule has 0 amide bonds. The van der Waals surface area contributed by atoms with E-state index in [9.17, 15) is 0 Å². The second kappa shape index (κ2) is 9.55. The van der Waals surface area contributed by atoms with Crippen molar-refractivity contribution >= 4 is 11.8 Å². The highest BCUT2D eigenvalue weighted by atomic mass is 32.2. The molecule has 0 aliphatic heterocycles. The van der Waals surface area contributed by atoms with Crippen LogP contribution in [0.1, 0.15) is 44.2 Å². The minimum absolute atomic E-state index is 0.537.